The number of rotatable bonds is 5. The summed E-state index contributed by atoms with van der Waals surface area (Å²) in [6, 6.07) is 3.49. The van der Waals surface area contributed by atoms with Gasteiger partial charge in [-0.05, 0) is 55.9 Å². The molecular weight excluding hydrogens is 385 g/mol. The number of hydrogen-bond acceptors (Lipinski definition) is 3. The van der Waals surface area contributed by atoms with E-state index in [9.17, 15) is 22.8 Å². The van der Waals surface area contributed by atoms with Crippen molar-refractivity contribution in [2.24, 2.45) is 5.92 Å². The van der Waals surface area contributed by atoms with Gasteiger partial charge in [0.05, 0.1) is 0 Å². The van der Waals surface area contributed by atoms with Crippen molar-refractivity contribution in [1.29, 1.82) is 0 Å². The first-order valence-electron chi connectivity index (χ1n) is 8.60. The molecule has 2 rings (SSSR count). The Hall–Kier alpha value is -1.96. The van der Waals surface area contributed by atoms with Gasteiger partial charge in [0.1, 0.15) is 5.75 Å². The smallest absolute Gasteiger partial charge is 0.471 e. The molecule has 0 radical (unpaired) electrons. The topological polar surface area (TPSA) is 58.6 Å². The first kappa shape index (κ1) is 21.3. The van der Waals surface area contributed by atoms with Crippen molar-refractivity contribution in [1.82, 2.24) is 10.2 Å². The number of hydrogen-bond donors (Lipinski definition) is 1. The van der Waals surface area contributed by atoms with Crippen LogP contribution in [0.2, 0.25) is 5.02 Å². The zero-order valence-corrected chi connectivity index (χ0v) is 15.9. The van der Waals surface area contributed by atoms with E-state index in [-0.39, 0.29) is 31.5 Å². The maximum atomic E-state index is 12.4. The van der Waals surface area contributed by atoms with Crippen molar-refractivity contribution in [3.05, 3.63) is 28.3 Å². The first-order chi connectivity index (χ1) is 12.6. The minimum absolute atomic E-state index is 0.0336. The highest BCUT2D eigenvalue weighted by Crippen LogP contribution is 2.26. The Balaban J connectivity index is 1.72. The van der Waals surface area contributed by atoms with Crippen molar-refractivity contribution in [2.75, 3.05) is 26.2 Å². The molecule has 1 fully saturated rings. The van der Waals surface area contributed by atoms with Crippen molar-refractivity contribution in [3.8, 4) is 5.75 Å². The van der Waals surface area contributed by atoms with Crippen LogP contribution in [-0.2, 0) is 9.59 Å². The molecule has 0 bridgehead atoms. The molecule has 0 saturated carbocycles. The number of aryl methyl sites for hydroxylation is 2. The number of carbonyl (C=O) groups excluding carboxylic acids is 2. The Morgan fingerprint density at radius 1 is 1.22 bits per heavy atom. The lowest BCUT2D eigenvalue weighted by molar-refractivity contribution is -0.186. The summed E-state index contributed by atoms with van der Waals surface area (Å²) in [6.07, 6.45) is -4.01. The number of piperidine rings is 1. The van der Waals surface area contributed by atoms with E-state index < -0.39 is 12.1 Å². The lowest BCUT2D eigenvalue weighted by Crippen LogP contribution is -2.46. The van der Waals surface area contributed by atoms with Crippen LogP contribution in [0.25, 0.3) is 0 Å². The monoisotopic (exact) mass is 406 g/mol. The van der Waals surface area contributed by atoms with Gasteiger partial charge in [-0.15, -0.1) is 0 Å². The fraction of sp³-hybridized carbons (Fsp3) is 0.556. The molecule has 1 aliphatic rings. The van der Waals surface area contributed by atoms with Gasteiger partial charge in [-0.2, -0.15) is 13.2 Å². The number of halogens is 4. The standard InChI is InChI=1S/C18H22ClF3N2O3/c1-11-7-14(8-12(2)16(11)19)27-10-15(25)23-9-13-3-5-24(6-4-13)17(26)18(20,21)22/h7-8,13H,3-6,9-10H2,1-2H3,(H,23,25). The Labute approximate surface area is 160 Å². The highest BCUT2D eigenvalue weighted by Gasteiger charge is 2.43. The predicted octanol–water partition coefficient (Wildman–Crippen LogP) is 3.25. The molecule has 9 heteroatoms. The van der Waals surface area contributed by atoms with Crippen LogP contribution in [0.1, 0.15) is 24.0 Å². The second-order valence-corrected chi connectivity index (χ2v) is 7.08. The van der Waals surface area contributed by atoms with E-state index in [0.717, 1.165) is 16.0 Å². The third-order valence-electron chi connectivity index (χ3n) is 4.51. The minimum atomic E-state index is -4.84. The molecule has 1 aliphatic heterocycles. The van der Waals surface area contributed by atoms with E-state index in [4.69, 9.17) is 16.3 Å². The first-order valence-corrected chi connectivity index (χ1v) is 8.98. The Kier molecular flexibility index (Phi) is 6.97. The van der Waals surface area contributed by atoms with Gasteiger partial charge >= 0.3 is 12.1 Å². The number of alkyl halides is 3. The Morgan fingerprint density at radius 2 is 1.78 bits per heavy atom. The minimum Gasteiger partial charge on any atom is -0.484 e. The van der Waals surface area contributed by atoms with Crippen LogP contribution in [0.15, 0.2) is 12.1 Å². The largest absolute Gasteiger partial charge is 0.484 e. The van der Waals surface area contributed by atoms with Gasteiger partial charge in [-0.1, -0.05) is 11.6 Å². The Bertz CT molecular complexity index is 679. The van der Waals surface area contributed by atoms with Gasteiger partial charge in [0.2, 0.25) is 0 Å². The van der Waals surface area contributed by atoms with Crippen LogP contribution in [0.4, 0.5) is 13.2 Å². The van der Waals surface area contributed by atoms with Gasteiger partial charge in [-0.25, -0.2) is 0 Å². The SMILES string of the molecule is Cc1cc(OCC(=O)NCC2CCN(C(=O)C(F)(F)F)CC2)cc(C)c1Cl. The van der Waals surface area contributed by atoms with Crippen molar-refractivity contribution < 1.29 is 27.5 Å². The van der Waals surface area contributed by atoms with E-state index in [1.165, 1.54) is 0 Å². The average molecular weight is 407 g/mol. The number of benzene rings is 1. The summed E-state index contributed by atoms with van der Waals surface area (Å²) in [5.74, 6) is -1.53. The van der Waals surface area contributed by atoms with Gasteiger partial charge in [-0.3, -0.25) is 9.59 Å². The molecule has 0 aliphatic carbocycles. The van der Waals surface area contributed by atoms with Gasteiger partial charge in [0.15, 0.2) is 6.61 Å². The average Bonchev–Trinajstić information content (AvgIpc) is 2.61. The number of nitrogens with zero attached hydrogens (tertiary/aromatic N) is 1. The van der Waals surface area contributed by atoms with E-state index in [1.807, 2.05) is 13.8 Å². The molecule has 0 unspecified atom stereocenters. The van der Waals surface area contributed by atoms with Gasteiger partial charge in [0.25, 0.3) is 5.91 Å². The second-order valence-electron chi connectivity index (χ2n) is 6.70. The molecule has 1 heterocycles. The highest BCUT2D eigenvalue weighted by atomic mass is 35.5. The molecule has 27 heavy (non-hydrogen) atoms. The second kappa shape index (κ2) is 8.82. The summed E-state index contributed by atoms with van der Waals surface area (Å²) in [4.78, 5) is 23.9. The summed E-state index contributed by atoms with van der Waals surface area (Å²) in [7, 11) is 0. The van der Waals surface area contributed by atoms with Crippen molar-refractivity contribution in [2.45, 2.75) is 32.9 Å². The molecular formula is C18H22ClF3N2O3. The molecule has 150 valence electrons. The summed E-state index contributed by atoms with van der Waals surface area (Å²) < 4.78 is 42.7. The van der Waals surface area contributed by atoms with Crippen molar-refractivity contribution in [3.63, 3.8) is 0 Å². The molecule has 1 aromatic rings. The number of nitrogens with one attached hydrogen (secondary N) is 1. The summed E-state index contributed by atoms with van der Waals surface area (Å²) in [6.45, 7) is 3.95. The van der Waals surface area contributed by atoms with E-state index >= 15 is 0 Å². The lowest BCUT2D eigenvalue weighted by atomic mass is 9.96. The zero-order chi connectivity index (χ0) is 20.2. The van der Waals surface area contributed by atoms with Crippen LogP contribution < -0.4 is 10.1 Å². The lowest BCUT2D eigenvalue weighted by Gasteiger charge is -2.32. The quantitative estimate of drug-likeness (QED) is 0.816. The number of ether oxygens (including phenoxy) is 1. The third-order valence-corrected chi connectivity index (χ3v) is 5.11. The molecule has 2 amide bonds. The maximum absolute atomic E-state index is 12.4. The number of amides is 2. The summed E-state index contributed by atoms with van der Waals surface area (Å²) in [5, 5.41) is 3.38. The normalized spacial score (nSPS) is 15.6. The molecule has 1 aromatic carbocycles. The molecule has 0 spiro atoms. The fourth-order valence-electron chi connectivity index (χ4n) is 2.97. The van der Waals surface area contributed by atoms with Gasteiger partial charge < -0.3 is 15.0 Å². The van der Waals surface area contributed by atoms with Crippen molar-refractivity contribution >= 4 is 23.4 Å². The molecule has 5 nitrogen and oxygen atoms in total. The van der Waals surface area contributed by atoms with Gasteiger partial charge in [0, 0.05) is 24.7 Å². The third kappa shape index (κ3) is 6.02. The van der Waals surface area contributed by atoms with Crippen LogP contribution in [-0.4, -0.2) is 49.1 Å². The molecule has 1 saturated heterocycles. The summed E-state index contributed by atoms with van der Waals surface area (Å²) in [5.41, 5.74) is 1.71. The summed E-state index contributed by atoms with van der Waals surface area (Å²) >= 11 is 6.08. The van der Waals surface area contributed by atoms with E-state index in [1.54, 1.807) is 12.1 Å². The number of carbonyl (C=O) groups is 2. The highest BCUT2D eigenvalue weighted by molar-refractivity contribution is 6.32. The van der Waals surface area contributed by atoms with E-state index in [2.05, 4.69) is 5.32 Å². The zero-order valence-electron chi connectivity index (χ0n) is 15.2. The maximum Gasteiger partial charge on any atom is 0.471 e. The van der Waals surface area contributed by atoms with E-state index in [0.29, 0.717) is 30.2 Å². The van der Waals surface area contributed by atoms with Crippen LogP contribution in [0.5, 0.6) is 5.75 Å². The Morgan fingerprint density at radius 3 is 2.30 bits per heavy atom. The number of likely N-dealkylation sites (tertiary alicyclic amines) is 1. The van der Waals surface area contributed by atoms with Crippen LogP contribution >= 0.6 is 11.6 Å². The fourth-order valence-corrected chi connectivity index (χ4v) is 3.08. The molecule has 1 N–H and O–H groups in total. The predicted molar refractivity (Wildman–Crippen MR) is 94.8 cm³/mol. The molecule has 0 atom stereocenters. The molecule has 0 aromatic heterocycles. The van der Waals surface area contributed by atoms with Crippen LogP contribution in [0, 0.1) is 19.8 Å². The van der Waals surface area contributed by atoms with Crippen LogP contribution in [0.3, 0.4) is 0 Å².